The Morgan fingerprint density at radius 3 is 2.65 bits per heavy atom. The Morgan fingerprint density at radius 1 is 1.15 bits per heavy atom. The summed E-state index contributed by atoms with van der Waals surface area (Å²) in [5, 5.41) is 20.6. The number of nitriles is 1. The van der Waals surface area contributed by atoms with Gasteiger partial charge in [0.05, 0.1) is 19.3 Å². The van der Waals surface area contributed by atoms with Crippen LogP contribution in [0.2, 0.25) is 0 Å². The zero-order valence-electron chi connectivity index (χ0n) is 15.9. The Kier molecular flexibility index (Phi) is 3.41. The Morgan fingerprint density at radius 2 is 1.92 bits per heavy atom. The van der Waals surface area contributed by atoms with Crippen molar-refractivity contribution in [2.45, 2.75) is 70.2 Å². The summed E-state index contributed by atoms with van der Waals surface area (Å²) in [5.74, 6) is 0.483. The Hall–Kier alpha value is -1.15. The molecule has 1 aliphatic heterocycles. The number of nitrogens with zero attached hydrogens (tertiary/aromatic N) is 1. The van der Waals surface area contributed by atoms with Crippen molar-refractivity contribution in [2.75, 3.05) is 13.2 Å². The summed E-state index contributed by atoms with van der Waals surface area (Å²) in [4.78, 5) is 0. The van der Waals surface area contributed by atoms with E-state index in [0.717, 1.165) is 38.5 Å². The maximum atomic E-state index is 10.9. The Labute approximate surface area is 155 Å². The minimum absolute atomic E-state index is 0.0954. The number of fused-ring (bicyclic) bond motifs is 5. The van der Waals surface area contributed by atoms with Crippen molar-refractivity contribution in [1.82, 2.24) is 0 Å². The van der Waals surface area contributed by atoms with Crippen LogP contribution in [0.4, 0.5) is 0 Å². The Bertz CT molecular complexity index is 743. The van der Waals surface area contributed by atoms with Gasteiger partial charge in [0.15, 0.2) is 11.4 Å². The molecule has 2 saturated carbocycles. The highest BCUT2D eigenvalue weighted by atomic mass is 16.7. The molecule has 26 heavy (non-hydrogen) atoms. The van der Waals surface area contributed by atoms with Crippen molar-refractivity contribution in [3.05, 3.63) is 23.3 Å². The molecule has 140 valence electrons. The second-order valence-electron chi connectivity index (χ2n) is 9.59. The van der Waals surface area contributed by atoms with Crippen molar-refractivity contribution in [1.29, 1.82) is 5.26 Å². The molecular formula is C22H29NO3. The highest BCUT2D eigenvalue weighted by molar-refractivity contribution is 5.41. The molecule has 5 aliphatic rings. The molecule has 4 aliphatic carbocycles. The largest absolute Gasteiger partial charge is 0.375 e. The van der Waals surface area contributed by atoms with Crippen LogP contribution in [0.25, 0.3) is 0 Å². The lowest BCUT2D eigenvalue weighted by atomic mass is 9.51. The van der Waals surface area contributed by atoms with Crippen LogP contribution in [0.15, 0.2) is 23.3 Å². The van der Waals surface area contributed by atoms with Crippen molar-refractivity contribution >= 4 is 0 Å². The van der Waals surface area contributed by atoms with Crippen LogP contribution in [0.3, 0.4) is 0 Å². The summed E-state index contributed by atoms with van der Waals surface area (Å²) in [7, 11) is 0. The number of aliphatic hydroxyl groups is 1. The summed E-state index contributed by atoms with van der Waals surface area (Å²) in [6, 6.07) is 2.25. The lowest BCUT2D eigenvalue weighted by Crippen LogP contribution is -2.51. The fourth-order valence-corrected chi connectivity index (χ4v) is 6.85. The number of rotatable bonds is 0. The zero-order valence-corrected chi connectivity index (χ0v) is 15.9. The van der Waals surface area contributed by atoms with Gasteiger partial charge in [-0.15, -0.1) is 0 Å². The fourth-order valence-electron chi connectivity index (χ4n) is 6.85. The standard InChI is InChI=1S/C22H29NO3/c1-19-9-10-22(25-11-12-26-22)13-15(19)3-4-16-17(19)5-7-20(2)18(16)6-8-21(20,24)14-23/h3,5,16,18,24H,4,6-13H2,1-2H3/t16-,18+,19+,20+,21+/m1/s1. The van der Waals surface area contributed by atoms with E-state index in [0.29, 0.717) is 31.5 Å². The quantitative estimate of drug-likeness (QED) is 0.529. The monoisotopic (exact) mass is 355 g/mol. The number of hydrogen-bond acceptors (Lipinski definition) is 4. The molecule has 4 nitrogen and oxygen atoms in total. The van der Waals surface area contributed by atoms with Crippen LogP contribution in [-0.2, 0) is 9.47 Å². The van der Waals surface area contributed by atoms with E-state index in [4.69, 9.17) is 9.47 Å². The number of ether oxygens (including phenoxy) is 2. The van der Waals surface area contributed by atoms with Gasteiger partial charge in [0, 0.05) is 23.7 Å². The van der Waals surface area contributed by atoms with Crippen molar-refractivity contribution < 1.29 is 14.6 Å². The summed E-state index contributed by atoms with van der Waals surface area (Å²) in [6.45, 7) is 5.95. The van der Waals surface area contributed by atoms with Crippen molar-refractivity contribution in [3.8, 4) is 6.07 Å². The van der Waals surface area contributed by atoms with E-state index in [1.807, 2.05) is 0 Å². The molecule has 5 atom stereocenters. The third-order valence-corrected chi connectivity index (χ3v) is 8.64. The molecule has 1 spiro atoms. The topological polar surface area (TPSA) is 62.5 Å². The van der Waals surface area contributed by atoms with Crippen LogP contribution >= 0.6 is 0 Å². The molecule has 0 aromatic heterocycles. The van der Waals surface area contributed by atoms with E-state index in [9.17, 15) is 10.4 Å². The second-order valence-corrected chi connectivity index (χ2v) is 9.59. The van der Waals surface area contributed by atoms with Gasteiger partial charge in [-0.25, -0.2) is 0 Å². The lowest BCUT2D eigenvalue weighted by Gasteiger charge is -2.55. The van der Waals surface area contributed by atoms with E-state index in [1.165, 1.54) is 5.57 Å². The van der Waals surface area contributed by atoms with Crippen LogP contribution in [-0.4, -0.2) is 29.7 Å². The van der Waals surface area contributed by atoms with Crippen LogP contribution < -0.4 is 0 Å². The first-order chi connectivity index (χ1) is 12.4. The summed E-state index contributed by atoms with van der Waals surface area (Å²) in [5.41, 5.74) is 1.65. The van der Waals surface area contributed by atoms with Gasteiger partial charge in [-0.3, -0.25) is 0 Å². The van der Waals surface area contributed by atoms with Crippen LogP contribution in [0.5, 0.6) is 0 Å². The average Bonchev–Trinajstić information content (AvgIpc) is 3.19. The van der Waals surface area contributed by atoms with Gasteiger partial charge in [0.1, 0.15) is 0 Å². The van der Waals surface area contributed by atoms with Gasteiger partial charge in [-0.1, -0.05) is 37.1 Å². The first-order valence-corrected chi connectivity index (χ1v) is 10.2. The molecule has 4 heteroatoms. The molecule has 0 aromatic carbocycles. The van der Waals surface area contributed by atoms with E-state index in [-0.39, 0.29) is 16.6 Å². The maximum absolute atomic E-state index is 10.9. The SMILES string of the molecule is C[C@]12CCC3(CC1=CC[C@@H]1C2=CC[C@@]2(C)[C@H]1CC[C@]2(O)C#N)OCCO3. The predicted octanol–water partition coefficient (Wildman–Crippen LogP) is 3.87. The van der Waals surface area contributed by atoms with E-state index >= 15 is 0 Å². The predicted molar refractivity (Wildman–Crippen MR) is 96.9 cm³/mol. The molecular weight excluding hydrogens is 326 g/mol. The number of hydrogen-bond donors (Lipinski definition) is 1. The van der Waals surface area contributed by atoms with E-state index < -0.39 is 5.60 Å². The molecule has 1 saturated heterocycles. The van der Waals surface area contributed by atoms with Gasteiger partial charge in [-0.05, 0) is 43.9 Å². The van der Waals surface area contributed by atoms with Gasteiger partial charge >= 0.3 is 0 Å². The van der Waals surface area contributed by atoms with Gasteiger partial charge in [-0.2, -0.15) is 5.26 Å². The van der Waals surface area contributed by atoms with Gasteiger partial charge in [0.25, 0.3) is 0 Å². The normalized spacial score (nSPS) is 48.8. The van der Waals surface area contributed by atoms with Crippen LogP contribution in [0.1, 0.15) is 58.8 Å². The molecule has 5 rings (SSSR count). The molecule has 3 fully saturated rings. The second kappa shape index (κ2) is 5.22. The fraction of sp³-hybridized carbons (Fsp3) is 0.773. The molecule has 1 N–H and O–H groups in total. The minimum atomic E-state index is -1.17. The zero-order chi connectivity index (χ0) is 18.2. The van der Waals surface area contributed by atoms with Gasteiger partial charge in [0.2, 0.25) is 0 Å². The maximum Gasteiger partial charge on any atom is 0.172 e. The lowest BCUT2D eigenvalue weighted by molar-refractivity contribution is -0.175. The summed E-state index contributed by atoms with van der Waals surface area (Å²) in [6.07, 6.45) is 11.1. The Balaban J connectivity index is 1.51. The molecule has 1 heterocycles. The van der Waals surface area contributed by atoms with Crippen molar-refractivity contribution in [2.24, 2.45) is 22.7 Å². The smallest absolute Gasteiger partial charge is 0.172 e. The third-order valence-electron chi connectivity index (χ3n) is 8.64. The highest BCUT2D eigenvalue weighted by Crippen LogP contribution is 2.65. The molecule has 0 bridgehead atoms. The molecule has 0 amide bonds. The van der Waals surface area contributed by atoms with Gasteiger partial charge < -0.3 is 14.6 Å². The van der Waals surface area contributed by atoms with Crippen LogP contribution in [0, 0.1) is 34.0 Å². The average molecular weight is 355 g/mol. The number of allylic oxidation sites excluding steroid dienone is 3. The highest BCUT2D eigenvalue weighted by Gasteiger charge is 2.62. The minimum Gasteiger partial charge on any atom is -0.375 e. The summed E-state index contributed by atoms with van der Waals surface area (Å²) >= 11 is 0. The molecule has 0 radical (unpaired) electrons. The first-order valence-electron chi connectivity index (χ1n) is 10.2. The summed E-state index contributed by atoms with van der Waals surface area (Å²) < 4.78 is 12.0. The third kappa shape index (κ3) is 1.95. The molecule has 0 unspecified atom stereocenters. The molecule has 0 aromatic rings. The van der Waals surface area contributed by atoms with E-state index in [2.05, 4.69) is 32.1 Å². The first kappa shape index (κ1) is 17.0. The van der Waals surface area contributed by atoms with Crippen molar-refractivity contribution in [3.63, 3.8) is 0 Å². The van der Waals surface area contributed by atoms with E-state index in [1.54, 1.807) is 5.57 Å².